The summed E-state index contributed by atoms with van der Waals surface area (Å²) >= 11 is 0. The van der Waals surface area contributed by atoms with Crippen molar-refractivity contribution in [2.45, 2.75) is 13.5 Å². The van der Waals surface area contributed by atoms with Gasteiger partial charge in [-0.05, 0) is 23.0 Å². The van der Waals surface area contributed by atoms with E-state index >= 15 is 0 Å². The molecule has 0 saturated carbocycles. The van der Waals surface area contributed by atoms with Gasteiger partial charge < -0.3 is 24.7 Å². The van der Waals surface area contributed by atoms with Gasteiger partial charge in [-0.25, -0.2) is 0 Å². The van der Waals surface area contributed by atoms with Crippen LogP contribution in [0.25, 0.3) is 0 Å². The fraction of sp³-hybridized carbons (Fsp3) is 0.538. The highest BCUT2D eigenvalue weighted by molar-refractivity contribution is 5.66. The molecule has 2 heterocycles. The summed E-state index contributed by atoms with van der Waals surface area (Å²) in [5.41, 5.74) is 1.13. The third-order valence-corrected chi connectivity index (χ3v) is 3.40. The maximum absolute atomic E-state index is 11.0. The van der Waals surface area contributed by atoms with Crippen molar-refractivity contribution in [2.24, 2.45) is 0 Å². The van der Waals surface area contributed by atoms with Crippen molar-refractivity contribution < 1.29 is 14.5 Å². The Morgan fingerprint density at radius 1 is 1.43 bits per heavy atom. The SMILES string of the molecule is CC(=O)OCc1cc(N2CCN(C)CC2)cnc1[N+](=O)[O-]. The number of hydrogen-bond donors (Lipinski definition) is 0. The monoisotopic (exact) mass is 294 g/mol. The zero-order chi connectivity index (χ0) is 15.4. The summed E-state index contributed by atoms with van der Waals surface area (Å²) in [6.45, 7) is 4.66. The Kier molecular flexibility index (Phi) is 4.69. The summed E-state index contributed by atoms with van der Waals surface area (Å²) in [6, 6.07) is 1.68. The van der Waals surface area contributed by atoms with Gasteiger partial charge >= 0.3 is 11.8 Å². The Morgan fingerprint density at radius 2 is 2.10 bits per heavy atom. The lowest BCUT2D eigenvalue weighted by Crippen LogP contribution is -2.44. The van der Waals surface area contributed by atoms with Gasteiger partial charge in [0.25, 0.3) is 0 Å². The maximum atomic E-state index is 11.0. The van der Waals surface area contributed by atoms with Gasteiger partial charge in [0.2, 0.25) is 0 Å². The molecule has 0 N–H and O–H groups in total. The van der Waals surface area contributed by atoms with Gasteiger partial charge in [-0.1, -0.05) is 0 Å². The summed E-state index contributed by atoms with van der Waals surface area (Å²) in [7, 11) is 2.05. The van der Waals surface area contributed by atoms with Crippen LogP contribution >= 0.6 is 0 Å². The van der Waals surface area contributed by atoms with Crippen molar-refractivity contribution in [1.29, 1.82) is 0 Å². The number of hydrogen-bond acceptors (Lipinski definition) is 7. The zero-order valence-corrected chi connectivity index (χ0v) is 12.1. The molecular weight excluding hydrogens is 276 g/mol. The predicted octanol–water partition coefficient (Wildman–Crippen LogP) is 0.805. The van der Waals surface area contributed by atoms with Crippen molar-refractivity contribution in [3.8, 4) is 0 Å². The van der Waals surface area contributed by atoms with Crippen molar-refractivity contribution >= 4 is 17.5 Å². The number of likely N-dealkylation sites (N-methyl/N-ethyl adjacent to an activating group) is 1. The Labute approximate surface area is 122 Å². The summed E-state index contributed by atoms with van der Waals surface area (Å²) in [4.78, 5) is 29.5. The summed E-state index contributed by atoms with van der Waals surface area (Å²) in [5.74, 6) is -0.747. The van der Waals surface area contributed by atoms with E-state index in [9.17, 15) is 14.9 Å². The summed E-state index contributed by atoms with van der Waals surface area (Å²) < 4.78 is 4.87. The minimum Gasteiger partial charge on any atom is -0.461 e. The second-order valence-corrected chi connectivity index (χ2v) is 5.00. The number of aromatic nitrogens is 1. The first kappa shape index (κ1) is 15.2. The number of anilines is 1. The first-order valence-corrected chi connectivity index (χ1v) is 6.67. The molecule has 1 saturated heterocycles. The third-order valence-electron chi connectivity index (χ3n) is 3.40. The van der Waals surface area contributed by atoms with E-state index in [4.69, 9.17) is 4.74 Å². The van der Waals surface area contributed by atoms with Gasteiger partial charge in [0, 0.05) is 33.1 Å². The number of piperazine rings is 1. The van der Waals surface area contributed by atoms with E-state index < -0.39 is 10.9 Å². The van der Waals surface area contributed by atoms with E-state index in [0.717, 1.165) is 31.9 Å². The van der Waals surface area contributed by atoms with Crippen LogP contribution in [-0.2, 0) is 16.1 Å². The molecule has 0 atom stereocenters. The number of carbonyl (C=O) groups is 1. The number of nitrogens with zero attached hydrogens (tertiary/aromatic N) is 4. The van der Waals surface area contributed by atoms with Gasteiger partial charge in [-0.15, -0.1) is 0 Å². The first-order valence-electron chi connectivity index (χ1n) is 6.67. The molecule has 114 valence electrons. The van der Waals surface area contributed by atoms with Gasteiger partial charge in [0.05, 0.1) is 11.3 Å². The Morgan fingerprint density at radius 3 is 2.67 bits per heavy atom. The van der Waals surface area contributed by atoms with Crippen molar-refractivity contribution in [1.82, 2.24) is 9.88 Å². The average molecular weight is 294 g/mol. The van der Waals surface area contributed by atoms with Gasteiger partial charge in [0.15, 0.2) is 6.20 Å². The molecule has 0 amide bonds. The van der Waals surface area contributed by atoms with Crippen LogP contribution in [0.3, 0.4) is 0 Å². The number of carbonyl (C=O) groups excluding carboxylic acids is 1. The molecule has 8 nitrogen and oxygen atoms in total. The van der Waals surface area contributed by atoms with E-state index in [1.807, 2.05) is 0 Å². The largest absolute Gasteiger partial charge is 0.461 e. The summed E-state index contributed by atoms with van der Waals surface area (Å²) in [5, 5.41) is 11.0. The van der Waals surface area contributed by atoms with E-state index in [1.165, 1.54) is 13.1 Å². The fourth-order valence-electron chi connectivity index (χ4n) is 2.18. The van der Waals surface area contributed by atoms with Crippen molar-refractivity contribution in [3.05, 3.63) is 27.9 Å². The molecular formula is C13H18N4O4. The Bertz CT molecular complexity index is 541. The summed E-state index contributed by atoms with van der Waals surface area (Å²) in [6.07, 6.45) is 1.50. The standard InChI is InChI=1S/C13H18N4O4/c1-10(18)21-9-11-7-12(8-14-13(11)17(19)20)16-5-3-15(2)4-6-16/h7-8H,3-6,9H2,1-2H3. The van der Waals surface area contributed by atoms with Gasteiger partial charge in [0.1, 0.15) is 6.61 Å². The fourth-order valence-corrected chi connectivity index (χ4v) is 2.18. The van der Waals surface area contributed by atoms with Gasteiger partial charge in [-0.3, -0.25) is 4.79 Å². The van der Waals surface area contributed by atoms with Crippen molar-refractivity contribution in [3.63, 3.8) is 0 Å². The molecule has 1 aromatic heterocycles. The van der Waals surface area contributed by atoms with E-state index in [2.05, 4.69) is 21.8 Å². The molecule has 1 aliphatic rings. The highest BCUT2D eigenvalue weighted by atomic mass is 16.6. The lowest BCUT2D eigenvalue weighted by atomic mass is 10.2. The number of pyridine rings is 1. The topological polar surface area (TPSA) is 88.8 Å². The van der Waals surface area contributed by atoms with E-state index in [0.29, 0.717) is 5.56 Å². The zero-order valence-electron chi connectivity index (χ0n) is 12.1. The highest BCUT2D eigenvalue weighted by Crippen LogP contribution is 2.23. The molecule has 8 heteroatoms. The Balaban J connectivity index is 2.21. The lowest BCUT2D eigenvalue weighted by Gasteiger charge is -2.33. The van der Waals surface area contributed by atoms with E-state index in [-0.39, 0.29) is 12.4 Å². The third kappa shape index (κ3) is 3.88. The first-order chi connectivity index (χ1) is 9.97. The Hall–Kier alpha value is -2.22. The average Bonchev–Trinajstić information content (AvgIpc) is 2.45. The van der Waals surface area contributed by atoms with Crippen LogP contribution in [0.1, 0.15) is 12.5 Å². The predicted molar refractivity (Wildman–Crippen MR) is 76.1 cm³/mol. The molecule has 0 bridgehead atoms. The second kappa shape index (κ2) is 6.49. The quantitative estimate of drug-likeness (QED) is 0.461. The van der Waals surface area contributed by atoms with Crippen LogP contribution in [0.4, 0.5) is 11.5 Å². The molecule has 1 aliphatic heterocycles. The molecule has 1 aromatic rings. The maximum Gasteiger partial charge on any atom is 0.370 e. The molecule has 1 fully saturated rings. The molecule has 0 radical (unpaired) electrons. The molecule has 0 aliphatic carbocycles. The number of rotatable bonds is 4. The van der Waals surface area contributed by atoms with Crippen LogP contribution < -0.4 is 4.90 Å². The van der Waals surface area contributed by atoms with Crippen LogP contribution in [0, 0.1) is 10.1 Å². The highest BCUT2D eigenvalue weighted by Gasteiger charge is 2.21. The van der Waals surface area contributed by atoms with Crippen LogP contribution in [0.5, 0.6) is 0 Å². The van der Waals surface area contributed by atoms with Crippen LogP contribution in [-0.4, -0.2) is 54.0 Å². The smallest absolute Gasteiger partial charge is 0.370 e. The second-order valence-electron chi connectivity index (χ2n) is 5.00. The minimum absolute atomic E-state index is 0.139. The van der Waals surface area contributed by atoms with Crippen molar-refractivity contribution in [2.75, 3.05) is 38.1 Å². The van der Waals surface area contributed by atoms with E-state index in [1.54, 1.807) is 6.07 Å². The molecule has 21 heavy (non-hydrogen) atoms. The molecule has 0 aromatic carbocycles. The number of nitro groups is 1. The van der Waals surface area contributed by atoms with Gasteiger partial charge in [-0.2, -0.15) is 0 Å². The number of esters is 1. The molecule has 0 spiro atoms. The minimum atomic E-state index is -0.563. The van der Waals surface area contributed by atoms with Crippen LogP contribution in [0.15, 0.2) is 12.3 Å². The van der Waals surface area contributed by atoms with Crippen LogP contribution in [0.2, 0.25) is 0 Å². The lowest BCUT2D eigenvalue weighted by molar-refractivity contribution is -0.390. The normalized spacial score (nSPS) is 15.8. The molecule has 0 unspecified atom stereocenters. The molecule has 2 rings (SSSR count). The number of ether oxygens (including phenoxy) is 1.